The molecule has 20 heavy (non-hydrogen) atoms. The van der Waals surface area contributed by atoms with E-state index in [1.165, 1.54) is 0 Å². The van der Waals surface area contributed by atoms with Gasteiger partial charge < -0.3 is 15.3 Å². The zero-order chi connectivity index (χ0) is 14.7. The van der Waals surface area contributed by atoms with Crippen LogP contribution in [0.15, 0.2) is 18.2 Å². The summed E-state index contributed by atoms with van der Waals surface area (Å²) in [5, 5.41) is 12.0. The standard InChI is InChI=1S/C14H17ClN2O3/c1-9-2-5-12(11(15)8-9)16-14(20)17(10-3-4-10)7-6-13(18)19/h2,5,8,10H,3-4,6-7H2,1H3,(H,16,20)(H,18,19). The maximum atomic E-state index is 12.2. The number of urea groups is 1. The highest BCUT2D eigenvalue weighted by Crippen LogP contribution is 2.29. The van der Waals surface area contributed by atoms with Crippen LogP contribution in [0.4, 0.5) is 10.5 Å². The lowest BCUT2D eigenvalue weighted by Gasteiger charge is -2.22. The van der Waals surface area contributed by atoms with Gasteiger partial charge >= 0.3 is 12.0 Å². The molecule has 0 saturated heterocycles. The molecule has 6 heteroatoms. The third kappa shape index (κ3) is 3.87. The molecule has 0 unspecified atom stereocenters. The van der Waals surface area contributed by atoms with Gasteiger partial charge in [0.2, 0.25) is 0 Å². The quantitative estimate of drug-likeness (QED) is 0.877. The number of nitrogens with zero attached hydrogens (tertiary/aromatic N) is 1. The Morgan fingerprint density at radius 3 is 2.70 bits per heavy atom. The Bertz CT molecular complexity index is 529. The molecular weight excluding hydrogens is 280 g/mol. The number of amides is 2. The SMILES string of the molecule is Cc1ccc(NC(=O)N(CCC(=O)O)C2CC2)c(Cl)c1. The Hall–Kier alpha value is -1.75. The maximum absolute atomic E-state index is 12.2. The third-order valence-electron chi connectivity index (χ3n) is 3.18. The summed E-state index contributed by atoms with van der Waals surface area (Å²) in [5.41, 5.74) is 1.56. The first-order chi connectivity index (χ1) is 9.47. The fraction of sp³-hybridized carbons (Fsp3) is 0.429. The third-order valence-corrected chi connectivity index (χ3v) is 3.49. The second kappa shape index (κ2) is 6.13. The number of hydrogen-bond donors (Lipinski definition) is 2. The molecule has 2 rings (SSSR count). The predicted octanol–water partition coefficient (Wildman–Crippen LogP) is 3.12. The van der Waals surface area contributed by atoms with Crippen molar-refractivity contribution in [2.24, 2.45) is 0 Å². The molecule has 2 amide bonds. The van der Waals surface area contributed by atoms with E-state index in [1.54, 1.807) is 17.0 Å². The Balaban J connectivity index is 2.02. The second-order valence-electron chi connectivity index (χ2n) is 4.98. The van der Waals surface area contributed by atoms with Gasteiger partial charge in [0.25, 0.3) is 0 Å². The zero-order valence-corrected chi connectivity index (χ0v) is 12.0. The number of benzene rings is 1. The minimum atomic E-state index is -0.906. The Morgan fingerprint density at radius 1 is 1.45 bits per heavy atom. The Morgan fingerprint density at radius 2 is 2.15 bits per heavy atom. The predicted molar refractivity (Wildman–Crippen MR) is 77.2 cm³/mol. The summed E-state index contributed by atoms with van der Waals surface area (Å²) in [6.07, 6.45) is 1.80. The highest BCUT2D eigenvalue weighted by molar-refractivity contribution is 6.33. The summed E-state index contributed by atoms with van der Waals surface area (Å²) in [4.78, 5) is 24.4. The zero-order valence-electron chi connectivity index (χ0n) is 11.2. The van der Waals surface area contributed by atoms with E-state index in [1.807, 2.05) is 13.0 Å². The summed E-state index contributed by atoms with van der Waals surface area (Å²) >= 11 is 6.07. The molecule has 2 N–H and O–H groups in total. The van der Waals surface area contributed by atoms with Crippen molar-refractivity contribution in [1.82, 2.24) is 4.90 Å². The molecule has 0 bridgehead atoms. The average Bonchev–Trinajstić information content (AvgIpc) is 3.17. The molecule has 0 aromatic heterocycles. The summed E-state index contributed by atoms with van der Waals surface area (Å²) in [6.45, 7) is 2.14. The molecule has 1 aromatic carbocycles. The van der Waals surface area contributed by atoms with Gasteiger partial charge in [0, 0.05) is 12.6 Å². The van der Waals surface area contributed by atoms with Crippen molar-refractivity contribution in [2.75, 3.05) is 11.9 Å². The molecule has 5 nitrogen and oxygen atoms in total. The van der Waals surface area contributed by atoms with Gasteiger partial charge in [0.15, 0.2) is 0 Å². The summed E-state index contributed by atoms with van der Waals surface area (Å²) < 4.78 is 0. The second-order valence-corrected chi connectivity index (χ2v) is 5.39. The number of nitrogens with one attached hydrogen (secondary N) is 1. The van der Waals surface area contributed by atoms with Gasteiger partial charge in [-0.1, -0.05) is 17.7 Å². The molecule has 0 atom stereocenters. The first-order valence-electron chi connectivity index (χ1n) is 6.53. The molecule has 1 aliphatic carbocycles. The molecule has 0 heterocycles. The van der Waals surface area contributed by atoms with E-state index in [2.05, 4.69) is 5.32 Å². The largest absolute Gasteiger partial charge is 0.481 e. The van der Waals surface area contributed by atoms with Crippen molar-refractivity contribution < 1.29 is 14.7 Å². The Kier molecular flexibility index (Phi) is 4.49. The van der Waals surface area contributed by atoms with Crippen LogP contribution >= 0.6 is 11.6 Å². The van der Waals surface area contributed by atoms with Crippen LogP contribution in [0.5, 0.6) is 0 Å². The number of halogens is 1. The van der Waals surface area contributed by atoms with Crippen LogP contribution in [-0.4, -0.2) is 34.6 Å². The van der Waals surface area contributed by atoms with Gasteiger partial charge in [-0.05, 0) is 37.5 Å². The monoisotopic (exact) mass is 296 g/mol. The van der Waals surface area contributed by atoms with Crippen LogP contribution in [0.2, 0.25) is 5.02 Å². The van der Waals surface area contributed by atoms with Crippen LogP contribution in [0.1, 0.15) is 24.8 Å². The minimum absolute atomic E-state index is 0.0500. The molecule has 108 valence electrons. The highest BCUT2D eigenvalue weighted by atomic mass is 35.5. The average molecular weight is 297 g/mol. The molecular formula is C14H17ClN2O3. The van der Waals surface area contributed by atoms with Gasteiger partial charge in [-0.2, -0.15) is 0 Å². The van der Waals surface area contributed by atoms with Crippen LogP contribution in [0, 0.1) is 6.92 Å². The van der Waals surface area contributed by atoms with Crippen molar-refractivity contribution in [1.29, 1.82) is 0 Å². The van der Waals surface area contributed by atoms with E-state index in [-0.39, 0.29) is 25.0 Å². The van der Waals surface area contributed by atoms with E-state index < -0.39 is 5.97 Å². The number of carboxylic acid groups (broad SMARTS) is 1. The number of carbonyl (C=O) groups excluding carboxylic acids is 1. The Labute approximate surface area is 122 Å². The van der Waals surface area contributed by atoms with Crippen molar-refractivity contribution >= 4 is 29.3 Å². The normalized spacial score (nSPS) is 13.9. The first-order valence-corrected chi connectivity index (χ1v) is 6.90. The van der Waals surface area contributed by atoms with Crippen LogP contribution < -0.4 is 5.32 Å². The number of carboxylic acids is 1. The molecule has 1 saturated carbocycles. The van der Waals surface area contributed by atoms with Gasteiger partial charge in [-0.15, -0.1) is 0 Å². The highest BCUT2D eigenvalue weighted by Gasteiger charge is 2.32. The van der Waals surface area contributed by atoms with E-state index in [0.29, 0.717) is 10.7 Å². The van der Waals surface area contributed by atoms with Crippen molar-refractivity contribution in [3.05, 3.63) is 28.8 Å². The molecule has 1 aromatic rings. The molecule has 0 aliphatic heterocycles. The summed E-state index contributed by atoms with van der Waals surface area (Å²) in [5.74, 6) is -0.906. The minimum Gasteiger partial charge on any atom is -0.481 e. The lowest BCUT2D eigenvalue weighted by atomic mass is 10.2. The van der Waals surface area contributed by atoms with Crippen LogP contribution in [-0.2, 0) is 4.79 Å². The number of carbonyl (C=O) groups is 2. The van der Waals surface area contributed by atoms with Gasteiger partial charge in [0.05, 0.1) is 17.1 Å². The van der Waals surface area contributed by atoms with Gasteiger partial charge in [-0.25, -0.2) is 4.79 Å². The number of aliphatic carboxylic acids is 1. The maximum Gasteiger partial charge on any atom is 0.322 e. The fourth-order valence-corrected chi connectivity index (χ4v) is 2.24. The van der Waals surface area contributed by atoms with E-state index in [4.69, 9.17) is 16.7 Å². The smallest absolute Gasteiger partial charge is 0.322 e. The van der Waals surface area contributed by atoms with Crippen LogP contribution in [0.25, 0.3) is 0 Å². The lowest BCUT2D eigenvalue weighted by molar-refractivity contribution is -0.137. The van der Waals surface area contributed by atoms with Gasteiger partial charge in [-0.3, -0.25) is 4.79 Å². The van der Waals surface area contributed by atoms with Crippen molar-refractivity contribution in [3.8, 4) is 0 Å². The number of rotatable bonds is 5. The molecule has 0 radical (unpaired) electrons. The first kappa shape index (κ1) is 14.7. The van der Waals surface area contributed by atoms with E-state index in [0.717, 1.165) is 18.4 Å². The molecule has 0 spiro atoms. The topological polar surface area (TPSA) is 69.6 Å². The van der Waals surface area contributed by atoms with E-state index in [9.17, 15) is 9.59 Å². The van der Waals surface area contributed by atoms with Crippen molar-refractivity contribution in [2.45, 2.75) is 32.2 Å². The summed E-state index contributed by atoms with van der Waals surface area (Å²) in [6, 6.07) is 5.24. The molecule has 1 aliphatic rings. The van der Waals surface area contributed by atoms with Crippen LogP contribution in [0.3, 0.4) is 0 Å². The number of aryl methyl sites for hydroxylation is 1. The van der Waals surface area contributed by atoms with E-state index >= 15 is 0 Å². The fourth-order valence-electron chi connectivity index (χ4n) is 1.96. The number of anilines is 1. The number of hydrogen-bond acceptors (Lipinski definition) is 2. The van der Waals surface area contributed by atoms with Gasteiger partial charge in [0.1, 0.15) is 0 Å². The molecule has 1 fully saturated rings. The van der Waals surface area contributed by atoms with Crippen molar-refractivity contribution in [3.63, 3.8) is 0 Å². The lowest BCUT2D eigenvalue weighted by Crippen LogP contribution is -2.38. The summed E-state index contributed by atoms with van der Waals surface area (Å²) in [7, 11) is 0.